The fourth-order valence-electron chi connectivity index (χ4n) is 5.41. The van der Waals surface area contributed by atoms with E-state index in [0.29, 0.717) is 5.56 Å². The van der Waals surface area contributed by atoms with Gasteiger partial charge in [-0.05, 0) is 36.4 Å². The van der Waals surface area contributed by atoms with Gasteiger partial charge in [0, 0.05) is 7.11 Å². The number of benzene rings is 3. The van der Waals surface area contributed by atoms with Gasteiger partial charge in [-0.2, -0.15) is 0 Å². The first-order chi connectivity index (χ1) is 21.9. The molecule has 12 heteroatoms. The molecule has 0 bridgehead atoms. The quantitative estimate of drug-likeness (QED) is 0.248. The summed E-state index contributed by atoms with van der Waals surface area (Å²) in [6, 6.07) is 24.8. The van der Waals surface area contributed by atoms with Crippen LogP contribution >= 0.6 is 0 Å². The average molecular weight is 621 g/mol. The van der Waals surface area contributed by atoms with E-state index >= 15 is 0 Å². The van der Waals surface area contributed by atoms with Crippen molar-refractivity contribution in [3.05, 3.63) is 108 Å². The molecule has 3 saturated heterocycles. The second kappa shape index (κ2) is 13.4. The molecule has 0 amide bonds. The topological polar surface area (TPSA) is 145 Å². The molecule has 0 unspecified atom stereocenters. The Kier molecular flexibility index (Phi) is 9.21. The molecule has 6 rings (SSSR count). The van der Waals surface area contributed by atoms with Crippen LogP contribution in [0.2, 0.25) is 0 Å². The third kappa shape index (κ3) is 6.47. The lowest BCUT2D eigenvalue weighted by Gasteiger charge is -2.42. The number of aliphatic hydroxyl groups is 1. The average Bonchev–Trinajstić information content (AvgIpc) is 3.48. The lowest BCUT2D eigenvalue weighted by atomic mass is 9.89. The number of methoxy groups -OCH3 is 1. The molecule has 0 spiro atoms. The molecule has 3 fully saturated rings. The number of rotatable bonds is 11. The van der Waals surface area contributed by atoms with Crippen LogP contribution in [0, 0.1) is 0 Å². The summed E-state index contributed by atoms with van der Waals surface area (Å²) >= 11 is 0. The van der Waals surface area contributed by atoms with Crippen LogP contribution in [-0.2, 0) is 37.9 Å². The number of fused-ring (bicyclic) bond motifs is 1. The van der Waals surface area contributed by atoms with Crippen molar-refractivity contribution in [2.45, 2.75) is 48.7 Å². The van der Waals surface area contributed by atoms with Crippen LogP contribution in [0.25, 0.3) is 0 Å². The standard InChI is InChI=1S/C33H32O12/c1-38-32-27-33(37,19-41-27)24(43-32)18-40-31-26(45-30(36)22-15-9-4-10-16-22)25(44-29(35)21-13-7-3-8-14-21)23(42-31)17-39-28(34)20-11-5-2-6-12-20/h2-16,23-27,31-32,37H,17-19H2,1H3/t23-,24-,25-,26+,27-,31+,32+,33+/m1/s1. The van der Waals surface area contributed by atoms with E-state index in [2.05, 4.69) is 0 Å². The Morgan fingerprint density at radius 2 is 1.27 bits per heavy atom. The summed E-state index contributed by atoms with van der Waals surface area (Å²) in [5.41, 5.74) is -0.559. The highest BCUT2D eigenvalue weighted by atomic mass is 16.8. The van der Waals surface area contributed by atoms with Crippen molar-refractivity contribution in [1.82, 2.24) is 0 Å². The lowest BCUT2D eigenvalue weighted by molar-refractivity contribution is -0.255. The first-order valence-corrected chi connectivity index (χ1v) is 14.4. The van der Waals surface area contributed by atoms with Gasteiger partial charge < -0.3 is 43.0 Å². The zero-order valence-corrected chi connectivity index (χ0v) is 24.3. The SMILES string of the molecule is CO[C@H]1O[C@H](CO[C@H]2O[C@H](COC(=O)c3ccccc3)[C@@H](OC(=O)c3ccccc3)[C@@H]2OC(=O)c2ccccc2)[C@@]2(O)CO[C@H]12. The molecular weight excluding hydrogens is 588 g/mol. The minimum atomic E-state index is -1.36. The molecular formula is C33H32O12. The molecule has 8 atom stereocenters. The van der Waals surface area contributed by atoms with Crippen molar-refractivity contribution in [1.29, 1.82) is 0 Å². The monoisotopic (exact) mass is 620 g/mol. The van der Waals surface area contributed by atoms with Gasteiger partial charge in [0.1, 0.15) is 30.5 Å². The fraction of sp³-hybridized carbons (Fsp3) is 0.364. The molecule has 12 nitrogen and oxygen atoms in total. The van der Waals surface area contributed by atoms with E-state index in [0.717, 1.165) is 0 Å². The Labute approximate surface area is 258 Å². The summed E-state index contributed by atoms with van der Waals surface area (Å²) in [4.78, 5) is 39.3. The van der Waals surface area contributed by atoms with E-state index in [4.69, 9.17) is 37.9 Å². The number of hydrogen-bond acceptors (Lipinski definition) is 12. The van der Waals surface area contributed by atoms with E-state index in [1.54, 1.807) is 91.0 Å². The maximum Gasteiger partial charge on any atom is 0.338 e. The largest absolute Gasteiger partial charge is 0.459 e. The van der Waals surface area contributed by atoms with Crippen molar-refractivity contribution < 1.29 is 57.4 Å². The fourth-order valence-corrected chi connectivity index (χ4v) is 5.41. The van der Waals surface area contributed by atoms with Crippen LogP contribution in [-0.4, -0.2) is 98.6 Å². The number of esters is 3. The van der Waals surface area contributed by atoms with Gasteiger partial charge in [0.2, 0.25) is 0 Å². The smallest absolute Gasteiger partial charge is 0.338 e. The van der Waals surface area contributed by atoms with E-state index in [-0.39, 0.29) is 30.9 Å². The van der Waals surface area contributed by atoms with Gasteiger partial charge in [-0.3, -0.25) is 0 Å². The Morgan fingerprint density at radius 3 is 1.76 bits per heavy atom. The Bertz CT molecular complexity index is 1470. The summed E-state index contributed by atoms with van der Waals surface area (Å²) in [6.45, 7) is -0.555. The zero-order chi connectivity index (χ0) is 31.4. The molecule has 45 heavy (non-hydrogen) atoms. The maximum atomic E-state index is 13.2. The van der Waals surface area contributed by atoms with Crippen LogP contribution in [0.1, 0.15) is 31.1 Å². The Balaban J connectivity index is 1.25. The Morgan fingerprint density at radius 1 is 0.733 bits per heavy atom. The Hall–Kier alpha value is -4.17. The number of carbonyl (C=O) groups excluding carboxylic acids is 3. The highest BCUT2D eigenvalue weighted by Crippen LogP contribution is 2.42. The van der Waals surface area contributed by atoms with Gasteiger partial charge in [-0.15, -0.1) is 0 Å². The van der Waals surface area contributed by atoms with Crippen molar-refractivity contribution in [2.24, 2.45) is 0 Å². The normalized spacial score (nSPS) is 30.1. The highest BCUT2D eigenvalue weighted by Gasteiger charge is 2.64. The first kappa shape index (κ1) is 30.8. The number of carbonyl (C=O) groups is 3. The lowest BCUT2D eigenvalue weighted by Crippen LogP contribution is -2.63. The summed E-state index contributed by atoms with van der Waals surface area (Å²) < 4.78 is 46.0. The third-order valence-corrected chi connectivity index (χ3v) is 7.89. The van der Waals surface area contributed by atoms with Crippen molar-refractivity contribution in [3.8, 4) is 0 Å². The van der Waals surface area contributed by atoms with Crippen molar-refractivity contribution >= 4 is 17.9 Å². The van der Waals surface area contributed by atoms with Gasteiger partial charge in [-0.25, -0.2) is 14.4 Å². The molecule has 236 valence electrons. The van der Waals surface area contributed by atoms with Crippen LogP contribution in [0.3, 0.4) is 0 Å². The van der Waals surface area contributed by atoms with Gasteiger partial charge in [0.15, 0.2) is 24.8 Å². The second-order valence-corrected chi connectivity index (χ2v) is 10.8. The third-order valence-electron chi connectivity index (χ3n) is 7.89. The van der Waals surface area contributed by atoms with Gasteiger partial charge in [0.25, 0.3) is 0 Å². The summed E-state index contributed by atoms with van der Waals surface area (Å²) in [5, 5.41) is 11.1. The van der Waals surface area contributed by atoms with E-state index in [1.165, 1.54) is 7.11 Å². The van der Waals surface area contributed by atoms with E-state index in [9.17, 15) is 19.5 Å². The first-order valence-electron chi connectivity index (χ1n) is 14.4. The molecule has 0 saturated carbocycles. The van der Waals surface area contributed by atoms with Crippen LogP contribution in [0.15, 0.2) is 91.0 Å². The molecule has 0 aliphatic carbocycles. The highest BCUT2D eigenvalue weighted by molar-refractivity contribution is 5.91. The van der Waals surface area contributed by atoms with Crippen LogP contribution in [0.5, 0.6) is 0 Å². The van der Waals surface area contributed by atoms with Crippen LogP contribution < -0.4 is 0 Å². The number of hydrogen-bond donors (Lipinski definition) is 1. The minimum absolute atomic E-state index is 0.0128. The molecule has 0 radical (unpaired) electrons. The van der Waals surface area contributed by atoms with Crippen molar-refractivity contribution in [2.75, 3.05) is 26.9 Å². The predicted octanol–water partition coefficient (Wildman–Crippen LogP) is 2.54. The van der Waals surface area contributed by atoms with Crippen LogP contribution in [0.4, 0.5) is 0 Å². The van der Waals surface area contributed by atoms with Gasteiger partial charge >= 0.3 is 17.9 Å². The second-order valence-electron chi connectivity index (χ2n) is 10.8. The van der Waals surface area contributed by atoms with E-state index in [1.807, 2.05) is 0 Å². The van der Waals surface area contributed by atoms with Crippen molar-refractivity contribution in [3.63, 3.8) is 0 Å². The molecule has 3 aliphatic rings. The summed E-state index contributed by atoms with van der Waals surface area (Å²) in [7, 11) is 1.43. The van der Waals surface area contributed by atoms with Gasteiger partial charge in [0.05, 0.1) is 29.9 Å². The molecule has 3 heterocycles. The summed E-state index contributed by atoms with van der Waals surface area (Å²) in [6.07, 6.45) is -7.32. The summed E-state index contributed by atoms with van der Waals surface area (Å²) in [5.74, 6) is -2.06. The molecule has 3 aromatic rings. The van der Waals surface area contributed by atoms with E-state index < -0.39 is 66.6 Å². The molecule has 0 aromatic heterocycles. The molecule has 3 aliphatic heterocycles. The predicted molar refractivity (Wildman–Crippen MR) is 153 cm³/mol. The zero-order valence-electron chi connectivity index (χ0n) is 24.3. The van der Waals surface area contributed by atoms with Gasteiger partial charge in [-0.1, -0.05) is 54.6 Å². The maximum absolute atomic E-state index is 13.2. The molecule has 1 N–H and O–H groups in total. The molecule has 3 aromatic carbocycles. The minimum Gasteiger partial charge on any atom is -0.459 e. The number of ether oxygens (including phenoxy) is 8.